The van der Waals surface area contributed by atoms with Crippen LogP contribution in [0.2, 0.25) is 0 Å². The molecule has 1 unspecified atom stereocenters. The van der Waals surface area contributed by atoms with E-state index in [-0.39, 0.29) is 11.8 Å². The number of carbonyl (C=O) groups is 2. The molecule has 1 N–H and O–H groups in total. The van der Waals surface area contributed by atoms with Crippen molar-refractivity contribution < 1.29 is 18.7 Å². The summed E-state index contributed by atoms with van der Waals surface area (Å²) in [5, 5.41) is 3.57. The molecule has 2 amide bonds. The van der Waals surface area contributed by atoms with Crippen LogP contribution in [-0.4, -0.2) is 42.1 Å². The van der Waals surface area contributed by atoms with Crippen LogP contribution in [0, 0.1) is 12.8 Å². The molecule has 1 fully saturated rings. The number of benzene rings is 2. The second-order valence-electron chi connectivity index (χ2n) is 9.79. The normalized spacial score (nSPS) is 16.0. The fourth-order valence-corrected chi connectivity index (χ4v) is 4.30. The van der Waals surface area contributed by atoms with Gasteiger partial charge in [0.25, 0.3) is 5.91 Å². The largest absolute Gasteiger partial charge is 0.444 e. The predicted octanol–water partition coefficient (Wildman–Crippen LogP) is 4.76. The second-order valence-corrected chi connectivity index (χ2v) is 9.79. The Morgan fingerprint density at radius 3 is 2.62 bits per heavy atom. The molecule has 7 nitrogen and oxygen atoms in total. The van der Waals surface area contributed by atoms with Crippen molar-refractivity contribution in [2.45, 2.75) is 39.7 Å². The van der Waals surface area contributed by atoms with E-state index in [1.807, 2.05) is 58.0 Å². The lowest BCUT2D eigenvalue weighted by Crippen LogP contribution is -2.36. The first-order valence-electron chi connectivity index (χ1n) is 11.5. The number of alkyl carbamates (subject to hydrolysis) is 1. The molecule has 0 aliphatic carbocycles. The third-order valence-corrected chi connectivity index (χ3v) is 5.93. The van der Waals surface area contributed by atoms with Crippen molar-refractivity contribution in [1.29, 1.82) is 0 Å². The SMILES string of the molecule is Cc1ccccc1-c1cc(=O)oc2cc(C(=O)N3CCC(CNC(=O)OC(C)(C)C)C3)ccc12. The third-order valence-electron chi connectivity index (χ3n) is 5.93. The van der Waals surface area contributed by atoms with Crippen LogP contribution in [0.15, 0.2) is 57.7 Å². The van der Waals surface area contributed by atoms with E-state index in [2.05, 4.69) is 5.32 Å². The lowest BCUT2D eigenvalue weighted by Gasteiger charge is -2.21. The van der Waals surface area contributed by atoms with E-state index in [4.69, 9.17) is 9.15 Å². The molecule has 1 aliphatic rings. The van der Waals surface area contributed by atoms with Crippen molar-refractivity contribution in [3.63, 3.8) is 0 Å². The van der Waals surface area contributed by atoms with Gasteiger partial charge in [0.1, 0.15) is 11.2 Å². The summed E-state index contributed by atoms with van der Waals surface area (Å²) in [7, 11) is 0. The number of ether oxygens (including phenoxy) is 1. The molecule has 0 spiro atoms. The molecule has 0 saturated carbocycles. The van der Waals surface area contributed by atoms with Crippen molar-refractivity contribution in [3.8, 4) is 11.1 Å². The molecule has 0 bridgehead atoms. The number of nitrogens with one attached hydrogen (secondary N) is 1. The van der Waals surface area contributed by atoms with Crippen LogP contribution in [-0.2, 0) is 4.74 Å². The van der Waals surface area contributed by atoms with Crippen LogP contribution in [0.3, 0.4) is 0 Å². The number of hydrogen-bond donors (Lipinski definition) is 1. The van der Waals surface area contributed by atoms with Crippen LogP contribution < -0.4 is 10.9 Å². The third kappa shape index (κ3) is 5.30. The Morgan fingerprint density at radius 1 is 1.12 bits per heavy atom. The van der Waals surface area contributed by atoms with Crippen molar-refractivity contribution in [1.82, 2.24) is 10.2 Å². The molecule has 1 saturated heterocycles. The number of carbonyl (C=O) groups excluding carboxylic acids is 2. The smallest absolute Gasteiger partial charge is 0.407 e. The number of amides is 2. The highest BCUT2D eigenvalue weighted by atomic mass is 16.6. The highest BCUT2D eigenvalue weighted by Crippen LogP contribution is 2.30. The monoisotopic (exact) mass is 462 g/mol. The first kappa shape index (κ1) is 23.5. The van der Waals surface area contributed by atoms with Gasteiger partial charge in [-0.15, -0.1) is 0 Å². The van der Waals surface area contributed by atoms with Gasteiger partial charge in [-0.3, -0.25) is 4.79 Å². The highest BCUT2D eigenvalue weighted by molar-refractivity contribution is 6.01. The number of hydrogen-bond acceptors (Lipinski definition) is 5. The summed E-state index contributed by atoms with van der Waals surface area (Å²) in [6.45, 7) is 9.04. The molecule has 2 aromatic carbocycles. The Balaban J connectivity index is 1.49. The molecule has 3 aromatic rings. The number of fused-ring (bicyclic) bond motifs is 1. The minimum atomic E-state index is -0.550. The molecular formula is C27H30N2O5. The summed E-state index contributed by atoms with van der Waals surface area (Å²) in [5.41, 5.74) is 2.66. The van der Waals surface area contributed by atoms with Gasteiger partial charge in [0.2, 0.25) is 0 Å². The maximum Gasteiger partial charge on any atom is 0.407 e. The molecule has 34 heavy (non-hydrogen) atoms. The summed E-state index contributed by atoms with van der Waals surface area (Å²) in [6, 6.07) is 14.6. The Kier molecular flexibility index (Phi) is 6.46. The number of rotatable bonds is 4. The van der Waals surface area contributed by atoms with E-state index < -0.39 is 17.3 Å². The second kappa shape index (κ2) is 9.33. The Morgan fingerprint density at radius 2 is 1.88 bits per heavy atom. The van der Waals surface area contributed by atoms with Gasteiger partial charge in [0.15, 0.2) is 0 Å². The summed E-state index contributed by atoms with van der Waals surface area (Å²) in [5.74, 6) is 0.0353. The van der Waals surface area contributed by atoms with E-state index in [9.17, 15) is 14.4 Å². The van der Waals surface area contributed by atoms with Gasteiger partial charge in [0.05, 0.1) is 0 Å². The molecule has 0 radical (unpaired) electrons. The minimum absolute atomic E-state index is 0.120. The Hall–Kier alpha value is -3.61. The Labute approximate surface area is 198 Å². The van der Waals surface area contributed by atoms with Crippen LogP contribution in [0.4, 0.5) is 4.79 Å². The molecule has 1 aromatic heterocycles. The van der Waals surface area contributed by atoms with Crippen molar-refractivity contribution >= 4 is 23.0 Å². The number of likely N-dealkylation sites (tertiary alicyclic amines) is 1. The van der Waals surface area contributed by atoms with Crippen LogP contribution >= 0.6 is 0 Å². The zero-order valence-corrected chi connectivity index (χ0v) is 20.0. The van der Waals surface area contributed by atoms with Crippen molar-refractivity contribution in [2.24, 2.45) is 5.92 Å². The zero-order valence-electron chi connectivity index (χ0n) is 20.0. The average molecular weight is 463 g/mol. The van der Waals surface area contributed by atoms with Crippen LogP contribution in [0.5, 0.6) is 0 Å². The number of nitrogens with zero attached hydrogens (tertiary/aromatic N) is 1. The minimum Gasteiger partial charge on any atom is -0.444 e. The summed E-state index contributed by atoms with van der Waals surface area (Å²) in [4.78, 5) is 39.1. The van der Waals surface area contributed by atoms with Gasteiger partial charge in [-0.05, 0) is 69.4 Å². The average Bonchev–Trinajstić information content (AvgIpc) is 3.24. The van der Waals surface area contributed by atoms with Gasteiger partial charge in [-0.2, -0.15) is 0 Å². The van der Waals surface area contributed by atoms with Crippen LogP contribution in [0.25, 0.3) is 22.1 Å². The van der Waals surface area contributed by atoms with E-state index in [1.165, 1.54) is 6.07 Å². The zero-order chi connectivity index (χ0) is 24.5. The van der Waals surface area contributed by atoms with E-state index >= 15 is 0 Å². The molecule has 1 aliphatic heterocycles. The first-order valence-corrected chi connectivity index (χ1v) is 11.5. The van der Waals surface area contributed by atoms with Gasteiger partial charge < -0.3 is 19.4 Å². The lowest BCUT2D eigenvalue weighted by atomic mass is 9.97. The maximum atomic E-state index is 13.2. The summed E-state index contributed by atoms with van der Waals surface area (Å²) >= 11 is 0. The van der Waals surface area contributed by atoms with Gasteiger partial charge in [-0.1, -0.05) is 24.3 Å². The van der Waals surface area contributed by atoms with Gasteiger partial charge in [0, 0.05) is 42.2 Å². The predicted molar refractivity (Wildman–Crippen MR) is 131 cm³/mol. The van der Waals surface area contributed by atoms with Crippen LogP contribution in [0.1, 0.15) is 43.1 Å². The standard InChI is InChI=1S/C27H30N2O5/c1-17-7-5-6-8-20(17)22-14-24(30)33-23-13-19(9-10-21(22)23)25(31)29-12-11-18(16-29)15-28-26(32)34-27(2,3)4/h5-10,13-14,18H,11-12,15-16H2,1-4H3,(H,28,32). The molecule has 4 rings (SSSR count). The van der Waals surface area contributed by atoms with E-state index in [1.54, 1.807) is 17.0 Å². The molecule has 2 heterocycles. The summed E-state index contributed by atoms with van der Waals surface area (Å²) in [6.07, 6.45) is 0.341. The maximum absolute atomic E-state index is 13.2. The first-order chi connectivity index (χ1) is 16.1. The molecular weight excluding hydrogens is 432 g/mol. The van der Waals surface area contributed by atoms with Gasteiger partial charge >= 0.3 is 11.7 Å². The quantitative estimate of drug-likeness (QED) is 0.565. The van der Waals surface area contributed by atoms with Crippen molar-refractivity contribution in [2.75, 3.05) is 19.6 Å². The fraction of sp³-hybridized carbons (Fsp3) is 0.370. The van der Waals surface area contributed by atoms with Crippen molar-refractivity contribution in [3.05, 3.63) is 70.1 Å². The highest BCUT2D eigenvalue weighted by Gasteiger charge is 2.28. The lowest BCUT2D eigenvalue weighted by molar-refractivity contribution is 0.0520. The molecule has 7 heteroatoms. The Bertz CT molecular complexity index is 1290. The topological polar surface area (TPSA) is 88.9 Å². The number of aryl methyl sites for hydroxylation is 1. The van der Waals surface area contributed by atoms with E-state index in [0.29, 0.717) is 30.8 Å². The summed E-state index contributed by atoms with van der Waals surface area (Å²) < 4.78 is 10.7. The fourth-order valence-electron chi connectivity index (χ4n) is 4.30. The molecule has 178 valence electrons. The van der Waals surface area contributed by atoms with Gasteiger partial charge in [-0.25, -0.2) is 9.59 Å². The molecule has 1 atom stereocenters. The van der Waals surface area contributed by atoms with E-state index in [0.717, 1.165) is 28.5 Å².